The lowest BCUT2D eigenvalue weighted by Crippen LogP contribution is -2.53. The quantitative estimate of drug-likeness (QED) is 0.00395. The van der Waals surface area contributed by atoms with Crippen molar-refractivity contribution in [2.75, 3.05) is 104 Å². The van der Waals surface area contributed by atoms with E-state index in [4.69, 9.17) is 63.6 Å². The second-order valence-electron chi connectivity index (χ2n) is 32.0. The predicted octanol–water partition coefficient (Wildman–Crippen LogP) is 7.22. The van der Waals surface area contributed by atoms with Gasteiger partial charge in [0.05, 0.1) is 95.0 Å². The summed E-state index contributed by atoms with van der Waals surface area (Å²) in [6.45, 7) is 5.18. The summed E-state index contributed by atoms with van der Waals surface area (Å²) in [6, 6.07) is 15.1. The van der Waals surface area contributed by atoms with Crippen molar-refractivity contribution in [2.24, 2.45) is 41.1 Å². The molecule has 0 aliphatic heterocycles. The molecule has 1 aliphatic rings. The van der Waals surface area contributed by atoms with Gasteiger partial charge in [0.2, 0.25) is 41.4 Å². The number of anilines is 2. The maximum atomic E-state index is 14.4. The Morgan fingerprint density at radius 2 is 0.905 bits per heavy atom. The number of hydrogen-bond donors (Lipinski definition) is 11. The Labute approximate surface area is 806 Å². The fourth-order valence-corrected chi connectivity index (χ4v) is 13.2. The van der Waals surface area contributed by atoms with Gasteiger partial charge < -0.3 is 111 Å². The molecule has 0 aromatic heterocycles. The van der Waals surface area contributed by atoms with Crippen molar-refractivity contribution in [3.05, 3.63) is 128 Å². The Morgan fingerprint density at radius 3 is 1.37 bits per heavy atom. The standard InChI is InChI=1S/C91H123N13O31.2H2S/c1-58(2)82(75(106)51-62(14-12-41-95-88(92)117)84(113)98-65-23-18-60(19-24-65)53-132-90(119)134-72-31-27-68(28-32-72)103(121)122)101-86(115)64(22-36-80(111)125-5)50-70(105)38-44-129-55-67(97-77(108)39-45-127-48-49-128-47-43-94-79(110)57-131-71-16-10-8-7-9-11-17-71)56-130-46-40-78(109)100-74(35-37-81(112)126-6)87(116)102-83(59(3)4)76(107)52-63(15-13-42-96-89(93)118)85(114)99-66-25-20-61(21-26-66)54-133-91(120)135-73-33-29-69(30-34-73)104(123)124;;/h18-21,23-34,58-59,62-64,67,71,74,82-83H,7-10,12-16,22,35-57H2,1-6H3,(H,94,110)(H,97,108)(H,98,113)(H,99,114)(H,100,109)(H,101,115)(H,102,116)(H3,92,95,117)(H3,93,96,118);2*1H2/t62-,63-,64-,67?,71?,74+,82+,83+;;/m1../s1. The topological polar surface area (TPSA) is 621 Å². The van der Waals surface area contributed by atoms with E-state index in [-0.39, 0.29) is 230 Å². The predicted molar refractivity (Wildman–Crippen MR) is 502 cm³/mol. The van der Waals surface area contributed by atoms with Gasteiger partial charge in [0.25, 0.3) is 11.4 Å². The minimum atomic E-state index is -1.45. The normalized spacial score (nSPS) is 13.5. The first-order valence-corrected chi connectivity index (χ1v) is 44.2. The number of non-ortho nitro benzene ring substituents is 2. The van der Waals surface area contributed by atoms with Gasteiger partial charge in [-0.2, -0.15) is 27.0 Å². The number of rotatable bonds is 64. The van der Waals surface area contributed by atoms with Gasteiger partial charge in [-0.3, -0.25) is 77.8 Å². The number of primary amides is 2. The van der Waals surface area contributed by atoms with Crippen molar-refractivity contribution in [3.63, 3.8) is 0 Å². The molecule has 754 valence electrons. The summed E-state index contributed by atoms with van der Waals surface area (Å²) >= 11 is 0. The number of nitro groups is 2. The molecule has 0 bridgehead atoms. The summed E-state index contributed by atoms with van der Waals surface area (Å²) in [5, 5.41) is 45.9. The molecule has 46 heteroatoms. The van der Waals surface area contributed by atoms with Gasteiger partial charge in [0, 0.05) is 131 Å². The van der Waals surface area contributed by atoms with E-state index in [9.17, 15) is 96.9 Å². The molecule has 0 spiro atoms. The van der Waals surface area contributed by atoms with Crippen LogP contribution in [-0.2, 0) is 113 Å². The van der Waals surface area contributed by atoms with E-state index < -0.39 is 178 Å². The maximum Gasteiger partial charge on any atom is 0.514 e. The highest BCUT2D eigenvalue weighted by molar-refractivity contribution is 7.59. The second-order valence-corrected chi connectivity index (χ2v) is 32.0. The molecule has 4 aromatic rings. The molecule has 0 radical (unpaired) electrons. The van der Waals surface area contributed by atoms with Gasteiger partial charge in [-0.05, 0) is 129 Å². The van der Waals surface area contributed by atoms with Crippen molar-refractivity contribution in [2.45, 2.75) is 193 Å². The van der Waals surface area contributed by atoms with Gasteiger partial charge in [-0.1, -0.05) is 64.3 Å². The summed E-state index contributed by atoms with van der Waals surface area (Å²) in [5.74, 6) is -6.02. The van der Waals surface area contributed by atoms with E-state index in [1.165, 1.54) is 60.7 Å². The Morgan fingerprint density at radius 1 is 0.460 bits per heavy atom. The summed E-state index contributed by atoms with van der Waals surface area (Å²) in [4.78, 5) is 233. The van der Waals surface area contributed by atoms with E-state index in [1.54, 1.807) is 39.8 Å². The number of nitro benzene ring substituents is 2. The number of benzene rings is 4. The fourth-order valence-electron chi connectivity index (χ4n) is 13.2. The third-order valence-corrected chi connectivity index (χ3v) is 20.6. The van der Waals surface area contributed by atoms with Crippen LogP contribution in [0, 0.1) is 61.7 Å². The van der Waals surface area contributed by atoms with Crippen LogP contribution in [-0.4, -0.2) is 228 Å². The SMILES string of the molecule is COC(=O)CC[C@H](CC(=O)CCOCC(COCCC(=O)N[C@@H](CCC(=O)OC)C(=O)N[C@H](C(=O)C[C@@H](CCCNC(N)=O)C(=O)Nc1ccc(COC(=O)Oc2ccc([N+](=O)[O-])cc2)cc1)C(C)C)NC(=O)CCOCCOCCNC(=O)COC1C#CCCCCC1)C(=O)N[C@H](C(=O)C[C@@H](CCCNC(N)=O)C(=O)Nc1ccc(COC(=O)Oc2ccc([N+](=O)[O-])cc2)cc1)C(C)C.S.S. The van der Waals surface area contributed by atoms with Crippen LogP contribution in [0.2, 0.25) is 0 Å². The largest absolute Gasteiger partial charge is 0.514 e. The van der Waals surface area contributed by atoms with Gasteiger partial charge in [-0.15, -0.1) is 5.92 Å². The number of nitrogens with zero attached hydrogens (tertiary/aromatic N) is 2. The van der Waals surface area contributed by atoms with Crippen molar-refractivity contribution in [3.8, 4) is 23.3 Å². The van der Waals surface area contributed by atoms with Crippen molar-refractivity contribution < 1.29 is 139 Å². The Kier molecular flexibility index (Phi) is 57.4. The van der Waals surface area contributed by atoms with Gasteiger partial charge >= 0.3 is 36.3 Å². The number of esters is 2. The van der Waals surface area contributed by atoms with Crippen LogP contribution < -0.4 is 68.8 Å². The molecule has 0 fully saturated rings. The van der Waals surface area contributed by atoms with Gasteiger partial charge in [0.15, 0.2) is 11.6 Å². The number of carbonyl (C=O) groups is 16. The number of urea groups is 2. The number of carbonyl (C=O) groups excluding carboxylic acids is 16. The molecule has 5 rings (SSSR count). The van der Waals surface area contributed by atoms with E-state index in [0.29, 0.717) is 11.1 Å². The second kappa shape index (κ2) is 66.5. The first-order valence-electron chi connectivity index (χ1n) is 44.2. The number of amides is 11. The molecule has 0 heterocycles. The average molecular weight is 1960 g/mol. The van der Waals surface area contributed by atoms with E-state index in [1.807, 2.05) is 0 Å². The number of nitrogens with two attached hydrogens (primary N) is 2. The molecule has 0 saturated heterocycles. The van der Waals surface area contributed by atoms with Crippen LogP contribution in [0.1, 0.15) is 161 Å². The molecular formula is C91H127N13O31S2. The zero-order valence-corrected chi connectivity index (χ0v) is 79.6. The monoisotopic (exact) mass is 1960 g/mol. The minimum Gasteiger partial charge on any atom is -0.469 e. The van der Waals surface area contributed by atoms with Crippen LogP contribution in [0.4, 0.5) is 41.9 Å². The summed E-state index contributed by atoms with van der Waals surface area (Å²) in [5.41, 5.74) is 11.6. The van der Waals surface area contributed by atoms with Crippen LogP contribution in [0.5, 0.6) is 11.5 Å². The highest BCUT2D eigenvalue weighted by Gasteiger charge is 2.36. The zero-order valence-electron chi connectivity index (χ0n) is 77.6. The molecular weight excluding hydrogens is 1840 g/mol. The van der Waals surface area contributed by atoms with E-state index in [2.05, 4.69) is 59.7 Å². The molecule has 0 saturated carbocycles. The number of methoxy groups -OCH3 is 2. The van der Waals surface area contributed by atoms with Gasteiger partial charge in [0.1, 0.15) is 49.2 Å². The molecule has 44 nitrogen and oxygen atoms in total. The third kappa shape index (κ3) is 49.9. The average Bonchev–Trinajstić information content (AvgIpc) is 0.853. The molecule has 1 aliphatic carbocycles. The zero-order chi connectivity index (χ0) is 99.0. The van der Waals surface area contributed by atoms with Crippen LogP contribution in [0.25, 0.3) is 0 Å². The minimum absolute atomic E-state index is 0. The Hall–Kier alpha value is -12.9. The molecule has 13 N–H and O–H groups in total. The van der Waals surface area contributed by atoms with E-state index >= 15 is 0 Å². The van der Waals surface area contributed by atoms with Crippen LogP contribution >= 0.6 is 27.0 Å². The molecule has 137 heavy (non-hydrogen) atoms. The van der Waals surface area contributed by atoms with E-state index in [0.717, 1.165) is 70.6 Å². The molecule has 2 unspecified atom stereocenters. The molecule has 8 atom stereocenters. The van der Waals surface area contributed by atoms with Crippen LogP contribution in [0.3, 0.4) is 0 Å². The Bertz CT molecular complexity index is 4390. The summed E-state index contributed by atoms with van der Waals surface area (Å²) in [7, 11) is 2.26. The Balaban J connectivity index is 0.0000242. The highest BCUT2D eigenvalue weighted by atomic mass is 32.1. The van der Waals surface area contributed by atoms with Crippen molar-refractivity contribution in [1.82, 2.24) is 37.2 Å². The number of nitrogens with one attached hydrogen (secondary N) is 9. The third-order valence-electron chi connectivity index (χ3n) is 20.6. The number of ketones is 3. The van der Waals surface area contributed by atoms with Crippen LogP contribution in [0.15, 0.2) is 97.1 Å². The highest BCUT2D eigenvalue weighted by Crippen LogP contribution is 2.26. The summed E-state index contributed by atoms with van der Waals surface area (Å²) < 4.78 is 58.9. The first-order chi connectivity index (χ1) is 64.6. The first kappa shape index (κ1) is 118. The lowest BCUT2D eigenvalue weighted by atomic mass is 9.88. The van der Waals surface area contributed by atoms with Gasteiger partial charge in [-0.25, -0.2) is 19.2 Å². The smallest absolute Gasteiger partial charge is 0.469 e. The number of hydrogen-bond acceptors (Lipinski definition) is 31. The molecule has 11 amide bonds. The molecule has 4 aromatic carbocycles. The number of Topliss-reactive ketones (excluding diaryl/α,β-unsaturated/α-hetero) is 3. The lowest BCUT2D eigenvalue weighted by Gasteiger charge is -2.26. The maximum absolute atomic E-state index is 14.4. The van der Waals surface area contributed by atoms with Crippen molar-refractivity contribution >= 4 is 145 Å². The fraction of sp³-hybridized carbons (Fsp3) is 0.538. The number of ether oxygens (including phenoxy) is 11. The lowest BCUT2D eigenvalue weighted by molar-refractivity contribution is -0.385. The summed E-state index contributed by atoms with van der Waals surface area (Å²) in [6.07, 6.45) is -0.885. The van der Waals surface area contributed by atoms with Crippen molar-refractivity contribution in [1.29, 1.82) is 0 Å².